The Kier molecular flexibility index (Phi) is 6.48. The SMILES string of the molecule is O=CCS/C=C\CO. The number of aldehydes is 1. The van der Waals surface area contributed by atoms with Crippen molar-refractivity contribution in [3.05, 3.63) is 11.5 Å². The quantitative estimate of drug-likeness (QED) is 0.445. The Morgan fingerprint density at radius 3 is 2.88 bits per heavy atom. The first-order valence-electron chi connectivity index (χ1n) is 2.23. The van der Waals surface area contributed by atoms with Crippen molar-refractivity contribution in [2.45, 2.75) is 0 Å². The van der Waals surface area contributed by atoms with Gasteiger partial charge in [0.15, 0.2) is 0 Å². The van der Waals surface area contributed by atoms with Crippen LogP contribution in [0.3, 0.4) is 0 Å². The fourth-order valence-corrected chi connectivity index (χ4v) is 0.618. The Hall–Kier alpha value is -0.280. The van der Waals surface area contributed by atoms with Gasteiger partial charge in [0, 0.05) is 0 Å². The minimum atomic E-state index is 0.0475. The molecule has 0 rings (SSSR count). The Morgan fingerprint density at radius 2 is 2.38 bits per heavy atom. The molecular weight excluding hydrogens is 124 g/mol. The van der Waals surface area contributed by atoms with Gasteiger partial charge in [-0.1, -0.05) is 6.08 Å². The van der Waals surface area contributed by atoms with Crippen molar-refractivity contribution in [1.82, 2.24) is 0 Å². The smallest absolute Gasteiger partial charge is 0.130 e. The van der Waals surface area contributed by atoms with Crippen LogP contribution in [0.4, 0.5) is 0 Å². The fraction of sp³-hybridized carbons (Fsp3) is 0.400. The Labute approximate surface area is 52.6 Å². The monoisotopic (exact) mass is 132 g/mol. The highest BCUT2D eigenvalue weighted by molar-refractivity contribution is 8.02. The minimum absolute atomic E-state index is 0.0475. The predicted octanol–water partition coefficient (Wildman–Crippen LogP) is 0.425. The molecule has 0 aromatic heterocycles. The summed E-state index contributed by atoms with van der Waals surface area (Å²) in [5.41, 5.74) is 0. The van der Waals surface area contributed by atoms with Gasteiger partial charge >= 0.3 is 0 Å². The number of aliphatic hydroxyl groups is 1. The molecule has 0 aliphatic carbocycles. The van der Waals surface area contributed by atoms with E-state index in [-0.39, 0.29) is 6.61 Å². The highest BCUT2D eigenvalue weighted by Crippen LogP contribution is 1.97. The first-order chi connectivity index (χ1) is 3.91. The second kappa shape index (κ2) is 6.72. The highest BCUT2D eigenvalue weighted by atomic mass is 32.2. The zero-order valence-electron chi connectivity index (χ0n) is 4.41. The van der Waals surface area contributed by atoms with Gasteiger partial charge in [-0.15, -0.1) is 11.8 Å². The molecule has 3 heteroatoms. The van der Waals surface area contributed by atoms with Crippen molar-refractivity contribution in [2.24, 2.45) is 0 Å². The van der Waals surface area contributed by atoms with E-state index in [9.17, 15) is 4.79 Å². The molecule has 0 unspecified atom stereocenters. The fourth-order valence-electron chi connectivity index (χ4n) is 0.206. The average Bonchev–Trinajstić information content (AvgIpc) is 1.81. The first kappa shape index (κ1) is 7.72. The van der Waals surface area contributed by atoms with Crippen molar-refractivity contribution in [2.75, 3.05) is 12.4 Å². The lowest BCUT2D eigenvalue weighted by Gasteiger charge is -1.79. The minimum Gasteiger partial charge on any atom is -0.392 e. The number of carbonyl (C=O) groups is 1. The van der Waals surface area contributed by atoms with Gasteiger partial charge in [0.1, 0.15) is 6.29 Å². The van der Waals surface area contributed by atoms with E-state index >= 15 is 0 Å². The highest BCUT2D eigenvalue weighted by Gasteiger charge is 1.74. The Bertz CT molecular complexity index is 80.5. The van der Waals surface area contributed by atoms with Gasteiger partial charge in [0.05, 0.1) is 12.4 Å². The van der Waals surface area contributed by atoms with E-state index in [1.54, 1.807) is 11.5 Å². The summed E-state index contributed by atoms with van der Waals surface area (Å²) in [5.74, 6) is 0.469. The molecule has 0 radical (unpaired) electrons. The van der Waals surface area contributed by atoms with Gasteiger partial charge in [-0.25, -0.2) is 0 Å². The summed E-state index contributed by atoms with van der Waals surface area (Å²) < 4.78 is 0. The van der Waals surface area contributed by atoms with Crippen LogP contribution in [-0.2, 0) is 4.79 Å². The second-order valence-electron chi connectivity index (χ2n) is 1.05. The first-order valence-corrected chi connectivity index (χ1v) is 3.27. The molecule has 0 heterocycles. The van der Waals surface area contributed by atoms with Gasteiger partial charge in [0.25, 0.3) is 0 Å². The Morgan fingerprint density at radius 1 is 1.62 bits per heavy atom. The lowest BCUT2D eigenvalue weighted by molar-refractivity contribution is -0.105. The molecule has 0 aliphatic rings. The second-order valence-corrected chi connectivity index (χ2v) is 1.99. The van der Waals surface area contributed by atoms with E-state index in [0.29, 0.717) is 5.75 Å². The van der Waals surface area contributed by atoms with Gasteiger partial charge in [-0.3, -0.25) is 0 Å². The molecule has 46 valence electrons. The van der Waals surface area contributed by atoms with E-state index in [1.165, 1.54) is 11.8 Å². The molecule has 0 amide bonds. The molecule has 0 fully saturated rings. The molecule has 0 aromatic carbocycles. The summed E-state index contributed by atoms with van der Waals surface area (Å²) in [7, 11) is 0. The summed E-state index contributed by atoms with van der Waals surface area (Å²) in [4.78, 5) is 9.65. The number of rotatable bonds is 4. The van der Waals surface area contributed by atoms with Crippen LogP contribution in [0.2, 0.25) is 0 Å². The van der Waals surface area contributed by atoms with Crippen LogP contribution >= 0.6 is 11.8 Å². The molecule has 0 aliphatic heterocycles. The van der Waals surface area contributed by atoms with Crippen LogP contribution in [0.25, 0.3) is 0 Å². The number of aliphatic hydroxyl groups excluding tert-OH is 1. The van der Waals surface area contributed by atoms with Crippen molar-refractivity contribution >= 4 is 18.0 Å². The standard InChI is InChI=1S/C5H8O2S/c6-2-1-4-8-5-3-7/h1,3-4,6H,2,5H2/b4-1-. The maximum absolute atomic E-state index is 9.65. The Balaban J connectivity index is 2.90. The number of carbonyl (C=O) groups excluding carboxylic acids is 1. The molecule has 1 N–H and O–H groups in total. The summed E-state index contributed by atoms with van der Waals surface area (Å²) in [6, 6.07) is 0. The molecule has 2 nitrogen and oxygen atoms in total. The lowest BCUT2D eigenvalue weighted by Crippen LogP contribution is -1.73. The third-order valence-electron chi connectivity index (χ3n) is 0.462. The van der Waals surface area contributed by atoms with Crippen LogP contribution in [-0.4, -0.2) is 23.8 Å². The molecule has 0 saturated carbocycles. The van der Waals surface area contributed by atoms with Crippen molar-refractivity contribution < 1.29 is 9.90 Å². The molecule has 0 aromatic rings. The van der Waals surface area contributed by atoms with E-state index in [2.05, 4.69) is 0 Å². The lowest BCUT2D eigenvalue weighted by atomic mass is 10.7. The third-order valence-corrected chi connectivity index (χ3v) is 1.18. The van der Waals surface area contributed by atoms with Crippen molar-refractivity contribution in [3.63, 3.8) is 0 Å². The third kappa shape index (κ3) is 5.72. The van der Waals surface area contributed by atoms with E-state index < -0.39 is 0 Å². The topological polar surface area (TPSA) is 37.3 Å². The van der Waals surface area contributed by atoms with Crippen LogP contribution in [0.1, 0.15) is 0 Å². The molecule has 8 heavy (non-hydrogen) atoms. The van der Waals surface area contributed by atoms with E-state index in [4.69, 9.17) is 5.11 Å². The molecule has 0 atom stereocenters. The maximum Gasteiger partial charge on any atom is 0.130 e. The number of hydrogen-bond acceptors (Lipinski definition) is 3. The van der Waals surface area contributed by atoms with E-state index in [0.717, 1.165) is 6.29 Å². The normalized spacial score (nSPS) is 10.1. The molecule has 0 spiro atoms. The largest absolute Gasteiger partial charge is 0.392 e. The van der Waals surface area contributed by atoms with Crippen LogP contribution in [0.15, 0.2) is 11.5 Å². The summed E-state index contributed by atoms with van der Waals surface area (Å²) in [5, 5.41) is 9.88. The number of thioether (sulfide) groups is 1. The zero-order chi connectivity index (χ0) is 6.24. The van der Waals surface area contributed by atoms with Crippen molar-refractivity contribution in [1.29, 1.82) is 0 Å². The summed E-state index contributed by atoms with van der Waals surface area (Å²) in [6.07, 6.45) is 2.42. The number of hydrogen-bond donors (Lipinski definition) is 1. The van der Waals surface area contributed by atoms with Crippen molar-refractivity contribution in [3.8, 4) is 0 Å². The predicted molar refractivity (Wildman–Crippen MR) is 34.7 cm³/mol. The summed E-state index contributed by atoms with van der Waals surface area (Å²) in [6.45, 7) is 0.0475. The van der Waals surface area contributed by atoms with Gasteiger partial charge in [0.2, 0.25) is 0 Å². The molecular formula is C5H8O2S. The van der Waals surface area contributed by atoms with Gasteiger partial charge < -0.3 is 9.90 Å². The maximum atomic E-state index is 9.65. The van der Waals surface area contributed by atoms with Gasteiger partial charge in [-0.2, -0.15) is 0 Å². The van der Waals surface area contributed by atoms with Crippen LogP contribution in [0.5, 0.6) is 0 Å². The molecule has 0 saturated heterocycles. The summed E-state index contributed by atoms with van der Waals surface area (Å²) >= 11 is 1.37. The zero-order valence-corrected chi connectivity index (χ0v) is 5.23. The average molecular weight is 132 g/mol. The van der Waals surface area contributed by atoms with Gasteiger partial charge in [-0.05, 0) is 5.41 Å². The van der Waals surface area contributed by atoms with E-state index in [1.807, 2.05) is 0 Å². The molecule has 0 bridgehead atoms. The van der Waals surface area contributed by atoms with Crippen LogP contribution in [0, 0.1) is 0 Å². The van der Waals surface area contributed by atoms with Crippen LogP contribution < -0.4 is 0 Å².